The molecule has 150 valence electrons. The highest BCUT2D eigenvalue weighted by Gasteiger charge is 2.43. The van der Waals surface area contributed by atoms with E-state index in [4.69, 9.17) is 4.74 Å². The Morgan fingerprint density at radius 1 is 0.897 bits per heavy atom. The van der Waals surface area contributed by atoms with Gasteiger partial charge in [-0.25, -0.2) is 14.4 Å². The molecular weight excluding hydrogens is 394 g/mol. The Morgan fingerprint density at radius 2 is 1.38 bits per heavy atom. The Labute approximate surface area is 171 Å². The van der Waals surface area contributed by atoms with Crippen LogP contribution in [0.4, 0.5) is 4.79 Å². The summed E-state index contributed by atoms with van der Waals surface area (Å²) in [6.07, 6.45) is -0.910. The van der Waals surface area contributed by atoms with E-state index in [0.29, 0.717) is 0 Å². The molecule has 2 aromatic carbocycles. The number of benzene rings is 2. The van der Waals surface area contributed by atoms with Gasteiger partial charge in [0.15, 0.2) is 0 Å². The number of rotatable bonds is 4. The van der Waals surface area contributed by atoms with Gasteiger partial charge in [0.2, 0.25) is 0 Å². The maximum atomic E-state index is 12.8. The Hall–Kier alpha value is -3.00. The fourth-order valence-electron chi connectivity index (χ4n) is 3.97. The molecule has 1 saturated heterocycles. The second-order valence-electron chi connectivity index (χ2n) is 6.96. The summed E-state index contributed by atoms with van der Waals surface area (Å²) in [4.78, 5) is 36.8. The fourth-order valence-corrected chi connectivity index (χ4v) is 5.16. The van der Waals surface area contributed by atoms with Gasteiger partial charge in [-0.3, -0.25) is 4.90 Å². The zero-order valence-electron chi connectivity index (χ0n) is 15.4. The van der Waals surface area contributed by atoms with Crippen LogP contribution in [0.5, 0.6) is 0 Å². The molecule has 0 spiro atoms. The number of hydrogen-bond acceptors (Lipinski definition) is 5. The van der Waals surface area contributed by atoms with Gasteiger partial charge in [0.05, 0.1) is 0 Å². The van der Waals surface area contributed by atoms with E-state index < -0.39 is 30.1 Å². The van der Waals surface area contributed by atoms with Crippen LogP contribution in [0.15, 0.2) is 48.5 Å². The number of fused-ring (bicyclic) bond motifs is 3. The van der Waals surface area contributed by atoms with Gasteiger partial charge in [-0.2, -0.15) is 11.8 Å². The number of hydrogen-bond donors (Lipinski definition) is 2. The highest BCUT2D eigenvalue weighted by molar-refractivity contribution is 7.99. The van der Waals surface area contributed by atoms with Crippen LogP contribution >= 0.6 is 11.8 Å². The van der Waals surface area contributed by atoms with Crippen LogP contribution in [0.3, 0.4) is 0 Å². The van der Waals surface area contributed by atoms with Crippen molar-refractivity contribution in [2.45, 2.75) is 18.0 Å². The molecule has 1 heterocycles. The summed E-state index contributed by atoms with van der Waals surface area (Å²) >= 11 is 1.20. The van der Waals surface area contributed by atoms with Crippen molar-refractivity contribution in [3.05, 3.63) is 59.7 Å². The van der Waals surface area contributed by atoms with Gasteiger partial charge in [-0.15, -0.1) is 0 Å². The van der Waals surface area contributed by atoms with E-state index in [-0.39, 0.29) is 24.0 Å². The molecule has 0 bridgehead atoms. The van der Waals surface area contributed by atoms with Crippen LogP contribution in [0.2, 0.25) is 0 Å². The summed E-state index contributed by atoms with van der Waals surface area (Å²) in [5, 5.41) is 18.9. The molecule has 0 aromatic heterocycles. The summed E-state index contributed by atoms with van der Waals surface area (Å²) in [6, 6.07) is 13.3. The van der Waals surface area contributed by atoms with Crippen molar-refractivity contribution in [2.24, 2.45) is 0 Å². The van der Waals surface area contributed by atoms with Crippen molar-refractivity contribution < 1.29 is 29.3 Å². The highest BCUT2D eigenvalue weighted by atomic mass is 32.2. The van der Waals surface area contributed by atoms with Crippen LogP contribution in [-0.4, -0.2) is 63.3 Å². The summed E-state index contributed by atoms with van der Waals surface area (Å²) in [7, 11) is 0. The Morgan fingerprint density at radius 3 is 1.86 bits per heavy atom. The number of carboxylic acid groups (broad SMARTS) is 2. The number of carboxylic acids is 2. The van der Waals surface area contributed by atoms with E-state index in [0.717, 1.165) is 27.2 Å². The lowest BCUT2D eigenvalue weighted by atomic mass is 9.98. The van der Waals surface area contributed by atoms with Crippen molar-refractivity contribution in [1.82, 2.24) is 4.90 Å². The molecule has 29 heavy (non-hydrogen) atoms. The molecule has 1 amide bonds. The van der Waals surface area contributed by atoms with Gasteiger partial charge >= 0.3 is 18.0 Å². The Balaban J connectivity index is 1.57. The lowest BCUT2D eigenvalue weighted by Gasteiger charge is -2.36. The normalized spacial score (nSPS) is 20.6. The van der Waals surface area contributed by atoms with Crippen LogP contribution in [0.25, 0.3) is 11.1 Å². The number of nitrogens with zero attached hydrogens (tertiary/aromatic N) is 1. The molecule has 1 aliphatic heterocycles. The molecule has 2 aromatic rings. The summed E-state index contributed by atoms with van der Waals surface area (Å²) < 4.78 is 5.49. The minimum absolute atomic E-state index is 0.00911. The molecule has 0 unspecified atom stereocenters. The van der Waals surface area contributed by atoms with Crippen LogP contribution in [0.1, 0.15) is 17.0 Å². The number of carbonyl (C=O) groups excluding carboxylic acids is 1. The van der Waals surface area contributed by atoms with Crippen molar-refractivity contribution in [1.29, 1.82) is 0 Å². The Kier molecular flexibility index (Phi) is 5.19. The molecule has 2 N–H and O–H groups in total. The lowest BCUT2D eigenvalue weighted by molar-refractivity contribution is -0.148. The third-order valence-electron chi connectivity index (χ3n) is 5.34. The van der Waals surface area contributed by atoms with Crippen molar-refractivity contribution in [3.8, 4) is 11.1 Å². The third-order valence-corrected chi connectivity index (χ3v) is 6.44. The molecule has 7 nitrogen and oxygen atoms in total. The average Bonchev–Trinajstić information content (AvgIpc) is 3.05. The number of carbonyl (C=O) groups is 3. The minimum atomic E-state index is -1.24. The first kappa shape index (κ1) is 19.3. The predicted molar refractivity (Wildman–Crippen MR) is 107 cm³/mol. The number of aliphatic carboxylic acids is 2. The Bertz CT molecular complexity index is 910. The number of ether oxygens (including phenoxy) is 1. The van der Waals surface area contributed by atoms with E-state index >= 15 is 0 Å². The standard InChI is InChI=1S/C21H19NO6S/c23-19(24)17-10-29-11-18(20(25)26)22(17)21(27)28-9-16-14-7-3-1-5-12(14)13-6-2-4-8-15(13)16/h1-8,16-18H,9-11H2,(H,23,24)(H,25,26)/t17-,18-/m1/s1. The van der Waals surface area contributed by atoms with Crippen LogP contribution < -0.4 is 0 Å². The van der Waals surface area contributed by atoms with E-state index in [1.807, 2.05) is 48.5 Å². The van der Waals surface area contributed by atoms with Crippen LogP contribution in [-0.2, 0) is 14.3 Å². The molecule has 2 aliphatic rings. The van der Waals surface area contributed by atoms with Gasteiger partial charge in [0.25, 0.3) is 0 Å². The monoisotopic (exact) mass is 413 g/mol. The molecule has 0 radical (unpaired) electrons. The number of amides is 1. The molecule has 1 aliphatic carbocycles. The smallest absolute Gasteiger partial charge is 0.411 e. The molecule has 2 atom stereocenters. The molecular formula is C21H19NO6S. The topological polar surface area (TPSA) is 104 Å². The summed E-state index contributed by atoms with van der Waals surface area (Å²) in [5.74, 6) is -2.40. The molecule has 1 fully saturated rings. The van der Waals surface area contributed by atoms with Crippen molar-refractivity contribution >= 4 is 29.8 Å². The summed E-state index contributed by atoms with van der Waals surface area (Å²) in [6.45, 7) is 0.00911. The van der Waals surface area contributed by atoms with Gasteiger partial charge in [0.1, 0.15) is 18.7 Å². The van der Waals surface area contributed by atoms with Gasteiger partial charge in [0, 0.05) is 17.4 Å². The van der Waals surface area contributed by atoms with Crippen LogP contribution in [0, 0.1) is 0 Å². The lowest BCUT2D eigenvalue weighted by Crippen LogP contribution is -2.58. The average molecular weight is 413 g/mol. The zero-order chi connectivity index (χ0) is 20.5. The van der Waals surface area contributed by atoms with Crippen molar-refractivity contribution in [3.63, 3.8) is 0 Å². The van der Waals surface area contributed by atoms with E-state index in [1.165, 1.54) is 11.8 Å². The first-order valence-corrected chi connectivity index (χ1v) is 10.3. The molecule has 4 rings (SSSR count). The minimum Gasteiger partial charge on any atom is -0.480 e. The first-order valence-electron chi connectivity index (χ1n) is 9.15. The van der Waals surface area contributed by atoms with Gasteiger partial charge in [-0.05, 0) is 22.3 Å². The second-order valence-corrected chi connectivity index (χ2v) is 8.03. The maximum absolute atomic E-state index is 12.8. The fraction of sp³-hybridized carbons (Fsp3) is 0.286. The largest absolute Gasteiger partial charge is 0.480 e. The van der Waals surface area contributed by atoms with E-state index in [2.05, 4.69) is 0 Å². The quantitative estimate of drug-likeness (QED) is 0.794. The predicted octanol–water partition coefficient (Wildman–Crippen LogP) is 2.89. The highest BCUT2D eigenvalue weighted by Crippen LogP contribution is 2.44. The maximum Gasteiger partial charge on any atom is 0.411 e. The SMILES string of the molecule is O=C(O)[C@H]1CSC[C@H](C(=O)O)N1C(=O)OCC1c2ccccc2-c2ccccc21. The second kappa shape index (κ2) is 7.79. The zero-order valence-corrected chi connectivity index (χ0v) is 16.2. The van der Waals surface area contributed by atoms with E-state index in [9.17, 15) is 24.6 Å². The molecule has 8 heteroatoms. The molecule has 0 saturated carbocycles. The van der Waals surface area contributed by atoms with Gasteiger partial charge < -0.3 is 14.9 Å². The van der Waals surface area contributed by atoms with Crippen molar-refractivity contribution in [2.75, 3.05) is 18.1 Å². The first-order chi connectivity index (χ1) is 14.0. The van der Waals surface area contributed by atoms with E-state index in [1.54, 1.807) is 0 Å². The van der Waals surface area contributed by atoms with Gasteiger partial charge in [-0.1, -0.05) is 48.5 Å². The number of thioether (sulfide) groups is 1. The summed E-state index contributed by atoms with van der Waals surface area (Å²) in [5.41, 5.74) is 4.20. The third kappa shape index (κ3) is 3.44.